The topological polar surface area (TPSA) is 45.5 Å². The van der Waals surface area contributed by atoms with Crippen LogP contribution in [0.3, 0.4) is 0 Å². The number of carbonyl (C=O) groups excluding carboxylic acids is 1. The highest BCUT2D eigenvalue weighted by molar-refractivity contribution is 5.82. The third-order valence-corrected chi connectivity index (χ3v) is 4.70. The van der Waals surface area contributed by atoms with Gasteiger partial charge in [0.15, 0.2) is 0 Å². The number of amides is 1. The van der Waals surface area contributed by atoms with E-state index in [1.807, 2.05) is 23.1 Å². The molecule has 1 aromatic heterocycles. The molecule has 22 heavy (non-hydrogen) atoms. The molecule has 4 nitrogen and oxygen atoms in total. The lowest BCUT2D eigenvalue weighted by Crippen LogP contribution is -2.44. The van der Waals surface area contributed by atoms with Crippen LogP contribution in [0.1, 0.15) is 44.1 Å². The van der Waals surface area contributed by atoms with Gasteiger partial charge in [-0.2, -0.15) is 0 Å². The molecule has 2 aromatic rings. The first-order chi connectivity index (χ1) is 10.6. The molecular formula is C18H24N2O2. The van der Waals surface area contributed by atoms with E-state index in [4.69, 9.17) is 4.42 Å². The molecule has 0 aliphatic carbocycles. The predicted octanol–water partition coefficient (Wildman–Crippen LogP) is 3.40. The number of hydrogen-bond donors (Lipinski definition) is 1. The number of nitrogens with one attached hydrogen (secondary N) is 1. The Labute approximate surface area is 131 Å². The first-order valence-electron chi connectivity index (χ1n) is 8.06. The standard InChI is InChI=1S/C18H24N2O2/c1-12-16-6-4-5-7-17(16)22-18(12)13(2)19-15-8-10-20(11-9-15)14(3)21/h4-7,13,15,19H,8-11H2,1-3H3. The van der Waals surface area contributed by atoms with E-state index in [0.717, 1.165) is 37.3 Å². The van der Waals surface area contributed by atoms with Crippen LogP contribution in [-0.4, -0.2) is 29.9 Å². The molecule has 0 spiro atoms. The molecule has 1 aliphatic heterocycles. The van der Waals surface area contributed by atoms with Gasteiger partial charge in [-0.05, 0) is 38.3 Å². The van der Waals surface area contributed by atoms with Crippen LogP contribution in [0.15, 0.2) is 28.7 Å². The third kappa shape index (κ3) is 2.88. The molecule has 1 saturated heterocycles. The van der Waals surface area contributed by atoms with Crippen LogP contribution >= 0.6 is 0 Å². The monoisotopic (exact) mass is 300 g/mol. The van der Waals surface area contributed by atoms with Gasteiger partial charge in [0.05, 0.1) is 6.04 Å². The van der Waals surface area contributed by atoms with Gasteiger partial charge in [0.2, 0.25) is 5.91 Å². The minimum absolute atomic E-state index is 0.180. The smallest absolute Gasteiger partial charge is 0.219 e. The fourth-order valence-corrected chi connectivity index (χ4v) is 3.40. The number of likely N-dealkylation sites (tertiary alicyclic amines) is 1. The van der Waals surface area contributed by atoms with Crippen LogP contribution < -0.4 is 5.32 Å². The first kappa shape index (κ1) is 15.1. The van der Waals surface area contributed by atoms with E-state index < -0.39 is 0 Å². The Bertz CT molecular complexity index is 669. The summed E-state index contributed by atoms with van der Waals surface area (Å²) in [4.78, 5) is 13.3. The van der Waals surface area contributed by atoms with Crippen molar-refractivity contribution in [1.29, 1.82) is 0 Å². The zero-order chi connectivity index (χ0) is 15.7. The molecule has 1 atom stereocenters. The Hall–Kier alpha value is -1.81. The fourth-order valence-electron chi connectivity index (χ4n) is 3.40. The summed E-state index contributed by atoms with van der Waals surface area (Å²) in [5.74, 6) is 1.20. The van der Waals surface area contributed by atoms with Crippen molar-refractivity contribution in [3.05, 3.63) is 35.6 Å². The molecule has 1 unspecified atom stereocenters. The molecule has 0 radical (unpaired) electrons. The minimum Gasteiger partial charge on any atom is -0.459 e. The Balaban J connectivity index is 1.68. The highest BCUT2D eigenvalue weighted by atomic mass is 16.3. The fraction of sp³-hybridized carbons (Fsp3) is 0.500. The van der Waals surface area contributed by atoms with Gasteiger partial charge in [-0.1, -0.05) is 18.2 Å². The van der Waals surface area contributed by atoms with E-state index in [1.54, 1.807) is 6.92 Å². The molecule has 0 saturated carbocycles. The van der Waals surface area contributed by atoms with Gasteiger partial charge in [-0.3, -0.25) is 4.79 Å². The molecule has 1 aromatic carbocycles. The number of para-hydroxylation sites is 1. The molecule has 0 bridgehead atoms. The Morgan fingerprint density at radius 1 is 1.32 bits per heavy atom. The molecule has 1 aliphatic rings. The largest absolute Gasteiger partial charge is 0.459 e. The highest BCUT2D eigenvalue weighted by Crippen LogP contribution is 2.29. The van der Waals surface area contributed by atoms with Crippen LogP contribution in [-0.2, 0) is 4.79 Å². The summed E-state index contributed by atoms with van der Waals surface area (Å²) in [5, 5.41) is 4.86. The molecule has 1 amide bonds. The zero-order valence-electron chi connectivity index (χ0n) is 13.6. The van der Waals surface area contributed by atoms with E-state index in [2.05, 4.69) is 25.2 Å². The summed E-state index contributed by atoms with van der Waals surface area (Å²) in [5.41, 5.74) is 2.17. The quantitative estimate of drug-likeness (QED) is 0.945. The average Bonchev–Trinajstić information content (AvgIpc) is 2.85. The summed E-state index contributed by atoms with van der Waals surface area (Å²) in [7, 11) is 0. The summed E-state index contributed by atoms with van der Waals surface area (Å²) >= 11 is 0. The number of rotatable bonds is 3. The zero-order valence-corrected chi connectivity index (χ0v) is 13.6. The van der Waals surface area contributed by atoms with E-state index in [9.17, 15) is 4.79 Å². The number of hydrogen-bond acceptors (Lipinski definition) is 3. The number of piperidine rings is 1. The van der Waals surface area contributed by atoms with Crippen LogP contribution in [0, 0.1) is 6.92 Å². The Morgan fingerprint density at radius 2 is 2.00 bits per heavy atom. The average molecular weight is 300 g/mol. The normalized spacial score (nSPS) is 17.9. The van der Waals surface area contributed by atoms with Crippen LogP contribution in [0.25, 0.3) is 11.0 Å². The molecule has 3 rings (SSSR count). The van der Waals surface area contributed by atoms with Crippen molar-refractivity contribution in [2.45, 2.75) is 45.7 Å². The van der Waals surface area contributed by atoms with E-state index in [1.165, 1.54) is 10.9 Å². The maximum atomic E-state index is 11.4. The maximum absolute atomic E-state index is 11.4. The summed E-state index contributed by atoms with van der Waals surface area (Å²) < 4.78 is 6.03. The van der Waals surface area contributed by atoms with Crippen molar-refractivity contribution in [2.75, 3.05) is 13.1 Å². The SMILES string of the molecule is CC(=O)N1CCC(NC(C)c2oc3ccccc3c2C)CC1. The van der Waals surface area contributed by atoms with Gasteiger partial charge in [0.1, 0.15) is 11.3 Å². The van der Waals surface area contributed by atoms with Gasteiger partial charge in [-0.15, -0.1) is 0 Å². The first-order valence-corrected chi connectivity index (χ1v) is 8.06. The Kier molecular flexibility index (Phi) is 4.21. The number of fused-ring (bicyclic) bond motifs is 1. The molecule has 1 N–H and O–H groups in total. The van der Waals surface area contributed by atoms with Gasteiger partial charge >= 0.3 is 0 Å². The second kappa shape index (κ2) is 6.13. The van der Waals surface area contributed by atoms with Crippen molar-refractivity contribution in [3.63, 3.8) is 0 Å². The lowest BCUT2D eigenvalue weighted by Gasteiger charge is -2.33. The van der Waals surface area contributed by atoms with Crippen molar-refractivity contribution in [1.82, 2.24) is 10.2 Å². The minimum atomic E-state index is 0.180. The molecule has 118 valence electrons. The number of aryl methyl sites for hydroxylation is 1. The maximum Gasteiger partial charge on any atom is 0.219 e. The van der Waals surface area contributed by atoms with E-state index >= 15 is 0 Å². The second-order valence-electron chi connectivity index (χ2n) is 6.26. The van der Waals surface area contributed by atoms with Gasteiger partial charge in [-0.25, -0.2) is 0 Å². The lowest BCUT2D eigenvalue weighted by atomic mass is 10.0. The molecule has 1 fully saturated rings. The summed E-state index contributed by atoms with van der Waals surface area (Å²) in [6.45, 7) is 7.62. The number of carbonyl (C=O) groups is 1. The van der Waals surface area contributed by atoms with Gasteiger partial charge in [0, 0.05) is 31.4 Å². The molecule has 4 heteroatoms. The van der Waals surface area contributed by atoms with E-state index in [0.29, 0.717) is 6.04 Å². The number of furan rings is 1. The van der Waals surface area contributed by atoms with Crippen LogP contribution in [0.2, 0.25) is 0 Å². The van der Waals surface area contributed by atoms with Crippen molar-refractivity contribution >= 4 is 16.9 Å². The van der Waals surface area contributed by atoms with Crippen molar-refractivity contribution in [3.8, 4) is 0 Å². The van der Waals surface area contributed by atoms with Gasteiger partial charge in [0.25, 0.3) is 0 Å². The summed E-state index contributed by atoms with van der Waals surface area (Å²) in [6, 6.07) is 8.80. The second-order valence-corrected chi connectivity index (χ2v) is 6.26. The Morgan fingerprint density at radius 3 is 2.64 bits per heavy atom. The molecule has 2 heterocycles. The van der Waals surface area contributed by atoms with Crippen LogP contribution in [0.5, 0.6) is 0 Å². The number of nitrogens with zero attached hydrogens (tertiary/aromatic N) is 1. The molecular weight excluding hydrogens is 276 g/mol. The van der Waals surface area contributed by atoms with Crippen molar-refractivity contribution in [2.24, 2.45) is 0 Å². The van der Waals surface area contributed by atoms with Crippen LogP contribution in [0.4, 0.5) is 0 Å². The summed E-state index contributed by atoms with van der Waals surface area (Å²) in [6.07, 6.45) is 2.01. The lowest BCUT2D eigenvalue weighted by molar-refractivity contribution is -0.129. The number of benzene rings is 1. The van der Waals surface area contributed by atoms with Crippen molar-refractivity contribution < 1.29 is 9.21 Å². The van der Waals surface area contributed by atoms with E-state index in [-0.39, 0.29) is 11.9 Å². The predicted molar refractivity (Wildman–Crippen MR) is 87.8 cm³/mol. The van der Waals surface area contributed by atoms with Gasteiger partial charge < -0.3 is 14.6 Å². The highest BCUT2D eigenvalue weighted by Gasteiger charge is 2.24. The third-order valence-electron chi connectivity index (χ3n) is 4.70.